The van der Waals surface area contributed by atoms with E-state index in [9.17, 15) is 19.8 Å². The van der Waals surface area contributed by atoms with Gasteiger partial charge in [0.1, 0.15) is 11.0 Å². The predicted octanol–water partition coefficient (Wildman–Crippen LogP) is 4.30. The molecular weight excluding hydrogens is 414 g/mol. The van der Waals surface area contributed by atoms with E-state index in [0.29, 0.717) is 17.2 Å². The van der Waals surface area contributed by atoms with Crippen LogP contribution in [0.5, 0.6) is 0 Å². The number of aliphatic hydroxyl groups is 1. The topological polar surface area (TPSA) is 87.1 Å². The molecule has 1 unspecified atom stereocenters. The number of amides is 1. The Morgan fingerprint density at radius 1 is 1.32 bits per heavy atom. The van der Waals surface area contributed by atoms with E-state index in [1.807, 2.05) is 20.8 Å². The molecule has 1 aliphatic heterocycles. The Labute approximate surface area is 188 Å². The molecule has 2 heterocycles. The standard InChI is InChI=1S/C24H33NO5S/c1-15(26)12-20-22(27)25(19(14-30-20)16-8-6-5-7-9-16)18-13-17(10-11-24(2,3)4)31-21(18)23(28)29/h13,15-16,19-20,26H,5-9,12,14H2,1-4H3,(H,28,29)/t15?,19-,20+/m0/s1. The monoisotopic (exact) mass is 447 g/mol. The van der Waals surface area contributed by atoms with Crippen LogP contribution in [0.3, 0.4) is 0 Å². The third kappa shape index (κ3) is 5.88. The fourth-order valence-corrected chi connectivity index (χ4v) is 5.19. The third-order valence-electron chi connectivity index (χ3n) is 5.79. The van der Waals surface area contributed by atoms with Crippen LogP contribution in [0, 0.1) is 23.2 Å². The summed E-state index contributed by atoms with van der Waals surface area (Å²) < 4.78 is 5.89. The molecule has 1 aromatic heterocycles. The molecule has 2 aliphatic rings. The molecule has 3 atom stereocenters. The van der Waals surface area contributed by atoms with Gasteiger partial charge in [0.2, 0.25) is 0 Å². The summed E-state index contributed by atoms with van der Waals surface area (Å²) in [6, 6.07) is 1.54. The highest BCUT2D eigenvalue weighted by atomic mass is 32.1. The van der Waals surface area contributed by atoms with Crippen molar-refractivity contribution in [2.24, 2.45) is 11.3 Å². The second kappa shape index (κ2) is 9.72. The van der Waals surface area contributed by atoms with Gasteiger partial charge in [-0.2, -0.15) is 0 Å². The Kier molecular flexibility index (Phi) is 7.46. The second-order valence-corrected chi connectivity index (χ2v) is 10.8. The Morgan fingerprint density at radius 2 is 2.00 bits per heavy atom. The average molecular weight is 448 g/mol. The van der Waals surface area contributed by atoms with Crippen LogP contribution in [0.25, 0.3) is 0 Å². The third-order valence-corrected chi connectivity index (χ3v) is 6.82. The molecule has 2 N–H and O–H groups in total. The molecule has 1 amide bonds. The van der Waals surface area contributed by atoms with Crippen molar-refractivity contribution >= 4 is 28.9 Å². The molecule has 31 heavy (non-hydrogen) atoms. The summed E-state index contributed by atoms with van der Waals surface area (Å²) in [5.74, 6) is 5.19. The van der Waals surface area contributed by atoms with Crippen molar-refractivity contribution in [2.45, 2.75) is 84.5 Å². The lowest BCUT2D eigenvalue weighted by Crippen LogP contribution is -2.57. The molecule has 0 aromatic carbocycles. The first-order valence-electron chi connectivity index (χ1n) is 11.1. The molecule has 1 aliphatic carbocycles. The summed E-state index contributed by atoms with van der Waals surface area (Å²) in [6.45, 7) is 7.97. The second-order valence-electron chi connectivity index (χ2n) is 9.71. The molecular formula is C24H33NO5S. The van der Waals surface area contributed by atoms with E-state index in [4.69, 9.17) is 4.74 Å². The molecule has 1 saturated carbocycles. The Balaban J connectivity index is 2.03. The smallest absolute Gasteiger partial charge is 0.348 e. The number of aliphatic hydroxyl groups excluding tert-OH is 1. The van der Waals surface area contributed by atoms with Crippen LogP contribution in [-0.2, 0) is 9.53 Å². The van der Waals surface area contributed by atoms with E-state index in [-0.39, 0.29) is 34.6 Å². The van der Waals surface area contributed by atoms with E-state index >= 15 is 0 Å². The minimum absolute atomic E-state index is 0.130. The molecule has 170 valence electrons. The lowest BCUT2D eigenvalue weighted by Gasteiger charge is -2.44. The molecule has 6 nitrogen and oxygen atoms in total. The number of hydrogen-bond donors (Lipinski definition) is 2. The molecule has 0 bridgehead atoms. The minimum atomic E-state index is -1.06. The van der Waals surface area contributed by atoms with Gasteiger partial charge in [0.25, 0.3) is 5.91 Å². The highest BCUT2D eigenvalue weighted by Crippen LogP contribution is 2.39. The first kappa shape index (κ1) is 23.8. The highest BCUT2D eigenvalue weighted by molar-refractivity contribution is 7.15. The van der Waals surface area contributed by atoms with E-state index in [2.05, 4.69) is 11.8 Å². The largest absolute Gasteiger partial charge is 0.477 e. The van der Waals surface area contributed by atoms with Gasteiger partial charge >= 0.3 is 5.97 Å². The van der Waals surface area contributed by atoms with Crippen molar-refractivity contribution in [3.63, 3.8) is 0 Å². The fraction of sp³-hybridized carbons (Fsp3) is 0.667. The van der Waals surface area contributed by atoms with E-state index < -0.39 is 18.2 Å². The number of carbonyl (C=O) groups excluding carboxylic acids is 1. The van der Waals surface area contributed by atoms with Crippen LogP contribution in [0.15, 0.2) is 6.07 Å². The number of carboxylic acid groups (broad SMARTS) is 1. The first-order chi connectivity index (χ1) is 14.6. The van der Waals surface area contributed by atoms with Crippen LogP contribution in [0.1, 0.15) is 80.8 Å². The summed E-state index contributed by atoms with van der Waals surface area (Å²) in [5, 5.41) is 19.7. The highest BCUT2D eigenvalue weighted by Gasteiger charge is 2.43. The summed E-state index contributed by atoms with van der Waals surface area (Å²) >= 11 is 1.11. The van der Waals surface area contributed by atoms with Gasteiger partial charge in [-0.05, 0) is 52.5 Å². The fourth-order valence-electron chi connectivity index (χ4n) is 4.35. The Hall–Kier alpha value is -1.88. The Bertz CT molecular complexity index is 867. The molecule has 0 radical (unpaired) electrons. The number of hydrogen-bond acceptors (Lipinski definition) is 5. The van der Waals surface area contributed by atoms with E-state index in [1.54, 1.807) is 17.9 Å². The maximum absolute atomic E-state index is 13.5. The van der Waals surface area contributed by atoms with Crippen LogP contribution in [-0.4, -0.2) is 46.9 Å². The minimum Gasteiger partial charge on any atom is -0.477 e. The van der Waals surface area contributed by atoms with Crippen molar-refractivity contribution in [1.29, 1.82) is 0 Å². The van der Waals surface area contributed by atoms with Crippen LogP contribution < -0.4 is 4.90 Å². The maximum Gasteiger partial charge on any atom is 0.348 e. The van der Waals surface area contributed by atoms with Crippen molar-refractivity contribution in [3.05, 3.63) is 15.8 Å². The lowest BCUT2D eigenvalue weighted by atomic mass is 9.82. The predicted molar refractivity (Wildman–Crippen MR) is 121 cm³/mol. The molecule has 1 aromatic rings. The normalized spacial score (nSPS) is 23.9. The zero-order chi connectivity index (χ0) is 22.8. The summed E-state index contributed by atoms with van der Waals surface area (Å²) in [5.41, 5.74) is 0.199. The van der Waals surface area contributed by atoms with Gasteiger partial charge in [-0.3, -0.25) is 4.79 Å². The van der Waals surface area contributed by atoms with Crippen molar-refractivity contribution in [1.82, 2.24) is 0 Å². The van der Waals surface area contributed by atoms with Crippen molar-refractivity contribution < 1.29 is 24.5 Å². The summed E-state index contributed by atoms with van der Waals surface area (Å²) in [6.07, 6.45) is 4.15. The molecule has 2 fully saturated rings. The van der Waals surface area contributed by atoms with Crippen molar-refractivity contribution in [2.75, 3.05) is 11.5 Å². The van der Waals surface area contributed by atoms with Gasteiger partial charge < -0.3 is 19.8 Å². The van der Waals surface area contributed by atoms with Gasteiger partial charge in [-0.25, -0.2) is 4.79 Å². The number of anilines is 1. The van der Waals surface area contributed by atoms with Gasteiger partial charge in [0.05, 0.1) is 29.3 Å². The zero-order valence-corrected chi connectivity index (χ0v) is 19.6. The summed E-state index contributed by atoms with van der Waals surface area (Å²) in [4.78, 5) is 28.0. The quantitative estimate of drug-likeness (QED) is 0.658. The van der Waals surface area contributed by atoms with Gasteiger partial charge in [0.15, 0.2) is 0 Å². The van der Waals surface area contributed by atoms with Gasteiger partial charge in [-0.15, -0.1) is 11.3 Å². The number of morpholine rings is 1. The van der Waals surface area contributed by atoms with E-state index in [1.165, 1.54) is 6.42 Å². The van der Waals surface area contributed by atoms with E-state index in [0.717, 1.165) is 37.0 Å². The number of ether oxygens (including phenoxy) is 1. The van der Waals surface area contributed by atoms with Crippen LogP contribution >= 0.6 is 11.3 Å². The number of rotatable bonds is 5. The number of nitrogens with zero attached hydrogens (tertiary/aromatic N) is 1. The SMILES string of the molecule is CC(O)C[C@H]1OC[C@@H](C2CCCCC2)N(c2cc(C#CC(C)(C)C)sc2C(=O)O)C1=O. The van der Waals surface area contributed by atoms with Gasteiger partial charge in [0, 0.05) is 11.8 Å². The van der Waals surface area contributed by atoms with Gasteiger partial charge in [-0.1, -0.05) is 31.1 Å². The lowest BCUT2D eigenvalue weighted by molar-refractivity contribution is -0.139. The Morgan fingerprint density at radius 3 is 2.58 bits per heavy atom. The molecule has 1 saturated heterocycles. The summed E-state index contributed by atoms with van der Waals surface area (Å²) in [7, 11) is 0. The molecule has 3 rings (SSSR count). The first-order valence-corrected chi connectivity index (χ1v) is 11.9. The van der Waals surface area contributed by atoms with Crippen LogP contribution in [0.4, 0.5) is 5.69 Å². The average Bonchev–Trinajstić information content (AvgIpc) is 3.12. The maximum atomic E-state index is 13.5. The molecule has 0 spiro atoms. The number of thiophene rings is 1. The number of carboxylic acids is 1. The number of carbonyl (C=O) groups is 2. The van der Waals surface area contributed by atoms with Crippen LogP contribution in [0.2, 0.25) is 0 Å². The number of aromatic carboxylic acids is 1. The molecule has 7 heteroatoms. The zero-order valence-electron chi connectivity index (χ0n) is 18.8. The van der Waals surface area contributed by atoms with Crippen molar-refractivity contribution in [3.8, 4) is 11.8 Å².